The van der Waals surface area contributed by atoms with Crippen molar-refractivity contribution in [3.05, 3.63) is 88.6 Å². The molecule has 6 heteroatoms. The molecule has 0 saturated carbocycles. The summed E-state index contributed by atoms with van der Waals surface area (Å²) in [6, 6.07) is 16.4. The van der Waals surface area contributed by atoms with Crippen molar-refractivity contribution in [3.63, 3.8) is 0 Å². The molecule has 3 aromatic rings. The van der Waals surface area contributed by atoms with Gasteiger partial charge in [0.25, 0.3) is 5.91 Å². The fourth-order valence-electron chi connectivity index (χ4n) is 3.95. The minimum atomic E-state index is -0.399. The van der Waals surface area contributed by atoms with E-state index in [1.54, 1.807) is 24.3 Å². The number of likely N-dealkylation sites (tertiary alicyclic amines) is 1. The monoisotopic (exact) mass is 426 g/mol. The molecule has 1 aliphatic heterocycles. The second-order valence-electron chi connectivity index (χ2n) is 7.74. The van der Waals surface area contributed by atoms with E-state index < -0.39 is 5.82 Å². The van der Waals surface area contributed by atoms with Crippen LogP contribution in [0.5, 0.6) is 0 Å². The highest BCUT2D eigenvalue weighted by atomic mass is 35.5. The van der Waals surface area contributed by atoms with Crippen molar-refractivity contribution in [3.8, 4) is 0 Å². The quantitative estimate of drug-likeness (QED) is 0.525. The van der Waals surface area contributed by atoms with Crippen molar-refractivity contribution >= 4 is 23.2 Å². The lowest BCUT2D eigenvalue weighted by Crippen LogP contribution is -2.47. The minimum absolute atomic E-state index is 0.0818. The molecule has 2 aromatic carbocycles. The van der Waals surface area contributed by atoms with Crippen molar-refractivity contribution in [1.82, 2.24) is 4.90 Å². The van der Waals surface area contributed by atoms with Gasteiger partial charge in [-0.2, -0.15) is 0 Å². The first-order valence-electron chi connectivity index (χ1n) is 10.1. The molecule has 0 N–H and O–H groups in total. The van der Waals surface area contributed by atoms with Crippen LogP contribution < -0.4 is 4.90 Å². The molecular formula is C24H24ClFN2O2. The molecule has 1 aliphatic rings. The first-order chi connectivity index (χ1) is 14.5. The second kappa shape index (κ2) is 9.02. The SMILES string of the molecule is Cc1ccc(N(C(=O)c2ccco2)C2CCN(Cc3ccc(F)c(Cl)c3)CC2)cc1. The number of hydrogen-bond donors (Lipinski definition) is 0. The molecule has 0 unspecified atom stereocenters. The largest absolute Gasteiger partial charge is 0.459 e. The number of rotatable bonds is 5. The Labute approximate surface area is 180 Å². The number of halogens is 2. The van der Waals surface area contributed by atoms with Crippen molar-refractivity contribution < 1.29 is 13.6 Å². The highest BCUT2D eigenvalue weighted by molar-refractivity contribution is 6.30. The van der Waals surface area contributed by atoms with Crippen LogP contribution in [0.25, 0.3) is 0 Å². The predicted octanol–water partition coefficient (Wildman–Crippen LogP) is 5.69. The topological polar surface area (TPSA) is 36.7 Å². The van der Waals surface area contributed by atoms with E-state index in [-0.39, 0.29) is 17.0 Å². The van der Waals surface area contributed by atoms with Crippen molar-refractivity contribution in [2.45, 2.75) is 32.4 Å². The van der Waals surface area contributed by atoms with Crippen LogP contribution in [-0.4, -0.2) is 29.9 Å². The summed E-state index contributed by atoms with van der Waals surface area (Å²) in [5.74, 6) is -0.170. The summed E-state index contributed by atoms with van der Waals surface area (Å²) in [5.41, 5.74) is 3.02. The van der Waals surface area contributed by atoms with Crippen LogP contribution in [0, 0.1) is 12.7 Å². The molecule has 1 saturated heterocycles. The Morgan fingerprint density at radius 2 is 1.90 bits per heavy atom. The molecule has 0 atom stereocenters. The molecule has 0 aliphatic carbocycles. The van der Waals surface area contributed by atoms with Crippen molar-refractivity contribution in [2.24, 2.45) is 0 Å². The minimum Gasteiger partial charge on any atom is -0.459 e. The normalized spacial score (nSPS) is 15.3. The fraction of sp³-hybridized carbons (Fsp3) is 0.292. The third-order valence-electron chi connectivity index (χ3n) is 5.58. The van der Waals surface area contributed by atoms with Crippen molar-refractivity contribution in [2.75, 3.05) is 18.0 Å². The van der Waals surface area contributed by atoms with Gasteiger partial charge < -0.3 is 9.32 Å². The third kappa shape index (κ3) is 4.58. The first-order valence-corrected chi connectivity index (χ1v) is 10.5. The van der Waals surface area contributed by atoms with E-state index in [0.29, 0.717) is 12.3 Å². The number of benzene rings is 2. The van der Waals surface area contributed by atoms with Gasteiger partial charge in [-0.1, -0.05) is 35.4 Å². The van der Waals surface area contributed by atoms with Gasteiger partial charge in [0, 0.05) is 31.4 Å². The molecule has 0 radical (unpaired) electrons. The molecule has 4 nitrogen and oxygen atoms in total. The third-order valence-corrected chi connectivity index (χ3v) is 5.86. The number of furan rings is 1. The number of anilines is 1. The highest BCUT2D eigenvalue weighted by Gasteiger charge is 2.31. The fourth-order valence-corrected chi connectivity index (χ4v) is 4.15. The van der Waals surface area contributed by atoms with Crippen LogP contribution in [0.1, 0.15) is 34.5 Å². The van der Waals surface area contributed by atoms with E-state index in [9.17, 15) is 9.18 Å². The highest BCUT2D eigenvalue weighted by Crippen LogP contribution is 2.27. The van der Waals surface area contributed by atoms with Gasteiger partial charge in [0.2, 0.25) is 0 Å². The van der Waals surface area contributed by atoms with Crippen LogP contribution in [0.4, 0.5) is 10.1 Å². The Bertz CT molecular complexity index is 997. The maximum absolute atomic E-state index is 13.4. The predicted molar refractivity (Wildman–Crippen MR) is 116 cm³/mol. The zero-order valence-corrected chi connectivity index (χ0v) is 17.6. The molecule has 1 aromatic heterocycles. The number of aryl methyl sites for hydroxylation is 1. The van der Waals surface area contributed by atoms with Gasteiger partial charge in [-0.15, -0.1) is 0 Å². The van der Waals surface area contributed by atoms with E-state index in [0.717, 1.165) is 42.7 Å². The molecule has 156 valence electrons. The second-order valence-corrected chi connectivity index (χ2v) is 8.15. The number of amides is 1. The average Bonchev–Trinajstić information content (AvgIpc) is 3.28. The molecule has 2 heterocycles. The van der Waals surface area contributed by atoms with Gasteiger partial charge >= 0.3 is 0 Å². The zero-order chi connectivity index (χ0) is 21.1. The van der Waals surface area contributed by atoms with Crippen LogP contribution in [-0.2, 0) is 6.54 Å². The lowest BCUT2D eigenvalue weighted by Gasteiger charge is -2.38. The lowest BCUT2D eigenvalue weighted by atomic mass is 10.0. The lowest BCUT2D eigenvalue weighted by molar-refractivity contribution is 0.0931. The molecular weight excluding hydrogens is 403 g/mol. The van der Waals surface area contributed by atoms with Crippen molar-refractivity contribution in [1.29, 1.82) is 0 Å². The summed E-state index contributed by atoms with van der Waals surface area (Å²) >= 11 is 5.91. The molecule has 1 amide bonds. The Balaban J connectivity index is 1.48. The Kier molecular flexibility index (Phi) is 6.21. The summed E-state index contributed by atoms with van der Waals surface area (Å²) in [6.07, 6.45) is 3.21. The van der Waals surface area contributed by atoms with Gasteiger partial charge in [0.05, 0.1) is 11.3 Å². The van der Waals surface area contributed by atoms with Gasteiger partial charge in [0.15, 0.2) is 5.76 Å². The van der Waals surface area contributed by atoms with Crippen LogP contribution >= 0.6 is 11.6 Å². The Morgan fingerprint density at radius 3 is 2.53 bits per heavy atom. The van der Waals surface area contributed by atoms with E-state index in [2.05, 4.69) is 4.90 Å². The molecule has 4 rings (SSSR count). The number of nitrogens with zero attached hydrogens (tertiary/aromatic N) is 2. The number of hydrogen-bond acceptors (Lipinski definition) is 3. The Morgan fingerprint density at radius 1 is 1.17 bits per heavy atom. The summed E-state index contributed by atoms with van der Waals surface area (Å²) in [4.78, 5) is 17.4. The van der Waals surface area contributed by atoms with E-state index >= 15 is 0 Å². The molecule has 0 bridgehead atoms. The van der Waals surface area contributed by atoms with Gasteiger partial charge in [-0.25, -0.2) is 4.39 Å². The van der Waals surface area contributed by atoms with Crippen LogP contribution in [0.3, 0.4) is 0 Å². The van der Waals surface area contributed by atoms with Crippen LogP contribution in [0.15, 0.2) is 65.3 Å². The maximum Gasteiger partial charge on any atom is 0.294 e. The van der Waals surface area contributed by atoms with Gasteiger partial charge in [-0.05, 0) is 61.7 Å². The average molecular weight is 427 g/mol. The maximum atomic E-state index is 13.4. The molecule has 0 spiro atoms. The van der Waals surface area contributed by atoms with Gasteiger partial charge in [-0.3, -0.25) is 9.69 Å². The van der Waals surface area contributed by atoms with Gasteiger partial charge in [0.1, 0.15) is 5.82 Å². The zero-order valence-electron chi connectivity index (χ0n) is 16.9. The number of piperidine rings is 1. The summed E-state index contributed by atoms with van der Waals surface area (Å²) in [7, 11) is 0. The van der Waals surface area contributed by atoms with E-state index in [1.165, 1.54) is 12.3 Å². The van der Waals surface area contributed by atoms with Crippen LogP contribution in [0.2, 0.25) is 5.02 Å². The number of carbonyl (C=O) groups is 1. The molecule has 1 fully saturated rings. The molecule has 30 heavy (non-hydrogen) atoms. The summed E-state index contributed by atoms with van der Waals surface area (Å²) in [5, 5.41) is 0.150. The first kappa shape index (κ1) is 20.6. The standard InChI is InChI=1S/C24H24ClFN2O2/c1-17-4-7-19(8-5-17)28(24(29)23-3-2-14-30-23)20-10-12-27(13-11-20)16-18-6-9-22(26)21(25)15-18/h2-9,14-15,20H,10-13,16H2,1H3. The van der Waals surface area contributed by atoms with E-state index in [4.69, 9.17) is 16.0 Å². The Hall–Kier alpha value is -2.63. The number of carbonyl (C=O) groups excluding carboxylic acids is 1. The van der Waals surface area contributed by atoms with E-state index in [1.807, 2.05) is 36.1 Å². The summed E-state index contributed by atoms with van der Waals surface area (Å²) in [6.45, 7) is 4.42. The summed E-state index contributed by atoms with van der Waals surface area (Å²) < 4.78 is 18.8. The smallest absolute Gasteiger partial charge is 0.294 e.